The highest BCUT2D eigenvalue weighted by atomic mass is 16.6. The normalized spacial score (nSPS) is 10.6. The number of nitrogens with zero attached hydrogens (tertiary/aromatic N) is 5. The van der Waals surface area contributed by atoms with E-state index >= 15 is 0 Å². The van der Waals surface area contributed by atoms with E-state index in [1.807, 2.05) is 36.5 Å². The standard InChI is InChI=1S/C14H11N3O2.C7H5N3O2/c18-17(19)13-6-7-14-12(8-13)10-16(15-14)9-11-4-2-1-3-5-11;11-10(12)6-1-2-7-5(3-6)4-8-9-7/h1-8,10H,9H2;1-4H,(H,8,9). The van der Waals surface area contributed by atoms with Crippen LogP contribution in [-0.2, 0) is 6.54 Å². The lowest BCUT2D eigenvalue weighted by Gasteiger charge is -2.00. The number of rotatable bonds is 4. The molecule has 0 saturated heterocycles. The van der Waals surface area contributed by atoms with Crippen LogP contribution in [0.15, 0.2) is 79.1 Å². The summed E-state index contributed by atoms with van der Waals surface area (Å²) in [6, 6.07) is 19.2. The van der Waals surface area contributed by atoms with Gasteiger partial charge in [0.05, 0.1) is 33.6 Å². The van der Waals surface area contributed by atoms with Crippen molar-refractivity contribution in [2.75, 3.05) is 0 Å². The molecule has 3 aromatic carbocycles. The van der Waals surface area contributed by atoms with Gasteiger partial charge in [0.15, 0.2) is 0 Å². The zero-order chi connectivity index (χ0) is 21.8. The lowest BCUT2D eigenvalue weighted by atomic mass is 10.2. The Hall–Kier alpha value is -4.60. The molecule has 1 N–H and O–H groups in total. The minimum absolute atomic E-state index is 0.0869. The van der Waals surface area contributed by atoms with Gasteiger partial charge in [-0.1, -0.05) is 30.3 Å². The Balaban J connectivity index is 0.000000166. The van der Waals surface area contributed by atoms with Gasteiger partial charge in [-0.25, -0.2) is 0 Å². The third kappa shape index (κ3) is 4.53. The van der Waals surface area contributed by atoms with E-state index in [2.05, 4.69) is 15.3 Å². The van der Waals surface area contributed by atoms with Crippen molar-refractivity contribution in [3.8, 4) is 0 Å². The zero-order valence-electron chi connectivity index (χ0n) is 16.1. The van der Waals surface area contributed by atoms with Gasteiger partial charge in [0.2, 0.25) is 0 Å². The number of nitrogens with one attached hydrogen (secondary N) is 1. The monoisotopic (exact) mass is 416 g/mol. The molecule has 0 amide bonds. The van der Waals surface area contributed by atoms with Gasteiger partial charge in [0.1, 0.15) is 0 Å². The lowest BCUT2D eigenvalue weighted by molar-refractivity contribution is -0.384. The summed E-state index contributed by atoms with van der Waals surface area (Å²) in [5.41, 5.74) is 2.89. The first-order valence-corrected chi connectivity index (χ1v) is 9.23. The van der Waals surface area contributed by atoms with E-state index in [9.17, 15) is 20.2 Å². The zero-order valence-corrected chi connectivity index (χ0v) is 16.1. The maximum absolute atomic E-state index is 10.7. The van der Waals surface area contributed by atoms with Crippen LogP contribution in [0.5, 0.6) is 0 Å². The van der Waals surface area contributed by atoms with Gasteiger partial charge in [-0.15, -0.1) is 0 Å². The molecule has 31 heavy (non-hydrogen) atoms. The van der Waals surface area contributed by atoms with E-state index in [-0.39, 0.29) is 11.4 Å². The minimum atomic E-state index is -0.424. The van der Waals surface area contributed by atoms with E-state index in [1.54, 1.807) is 29.1 Å². The fourth-order valence-electron chi connectivity index (χ4n) is 3.07. The molecular weight excluding hydrogens is 400 g/mol. The smallest absolute Gasteiger partial charge is 0.270 e. The number of hydrogen-bond donors (Lipinski definition) is 1. The Kier molecular flexibility index (Phi) is 5.35. The number of non-ortho nitro benzene ring substituents is 2. The first-order chi connectivity index (χ1) is 15.0. The van der Waals surface area contributed by atoms with Crippen molar-refractivity contribution in [2.45, 2.75) is 6.54 Å². The van der Waals surface area contributed by atoms with Crippen molar-refractivity contribution in [3.05, 3.63) is 105 Å². The van der Waals surface area contributed by atoms with Crippen LogP contribution in [0.25, 0.3) is 21.8 Å². The van der Waals surface area contributed by atoms with Crippen LogP contribution >= 0.6 is 0 Å². The summed E-state index contributed by atoms with van der Waals surface area (Å²) in [7, 11) is 0. The van der Waals surface area contributed by atoms with Crippen LogP contribution in [0, 0.1) is 20.2 Å². The van der Waals surface area contributed by atoms with Gasteiger partial charge in [-0.05, 0) is 17.7 Å². The predicted octanol–water partition coefficient (Wildman–Crippen LogP) is 4.46. The van der Waals surface area contributed by atoms with E-state index in [1.165, 1.54) is 18.2 Å². The van der Waals surface area contributed by atoms with Crippen LogP contribution < -0.4 is 0 Å². The molecule has 2 heterocycles. The Morgan fingerprint density at radius 3 is 2.26 bits per heavy atom. The fraction of sp³-hybridized carbons (Fsp3) is 0.0476. The Morgan fingerprint density at radius 2 is 1.55 bits per heavy atom. The van der Waals surface area contributed by atoms with Crippen molar-refractivity contribution < 1.29 is 9.85 Å². The Bertz CT molecular complexity index is 1380. The first-order valence-electron chi connectivity index (χ1n) is 9.23. The summed E-state index contributed by atoms with van der Waals surface area (Å²) in [6.45, 7) is 0.656. The number of fused-ring (bicyclic) bond motifs is 2. The van der Waals surface area contributed by atoms with Gasteiger partial charge in [0, 0.05) is 41.2 Å². The van der Waals surface area contributed by atoms with Crippen molar-refractivity contribution >= 4 is 33.2 Å². The van der Waals surface area contributed by atoms with Crippen LogP contribution in [0.4, 0.5) is 11.4 Å². The fourth-order valence-corrected chi connectivity index (χ4v) is 3.07. The van der Waals surface area contributed by atoms with Crippen molar-refractivity contribution in [3.63, 3.8) is 0 Å². The SMILES string of the molecule is O=[N+]([O-])c1ccc2[nH]ncc2c1.O=[N+]([O-])c1ccc2nn(Cc3ccccc3)cc2c1. The van der Waals surface area contributed by atoms with Crippen molar-refractivity contribution in [1.29, 1.82) is 0 Å². The molecule has 2 aromatic heterocycles. The second-order valence-corrected chi connectivity index (χ2v) is 6.71. The summed E-state index contributed by atoms with van der Waals surface area (Å²) in [5, 5.41) is 33.5. The molecule has 10 heteroatoms. The summed E-state index contributed by atoms with van der Waals surface area (Å²) in [4.78, 5) is 20.2. The highest BCUT2D eigenvalue weighted by Gasteiger charge is 2.09. The molecule has 0 unspecified atom stereocenters. The number of aromatic amines is 1. The first kappa shape index (κ1) is 19.7. The summed E-state index contributed by atoms with van der Waals surface area (Å²) in [6.07, 6.45) is 3.39. The summed E-state index contributed by atoms with van der Waals surface area (Å²) >= 11 is 0. The minimum Gasteiger partial charge on any atom is -0.278 e. The van der Waals surface area contributed by atoms with Crippen LogP contribution in [0.1, 0.15) is 5.56 Å². The van der Waals surface area contributed by atoms with Gasteiger partial charge in [0.25, 0.3) is 11.4 Å². The molecule has 0 aliphatic rings. The molecule has 0 atom stereocenters. The predicted molar refractivity (Wildman–Crippen MR) is 115 cm³/mol. The lowest BCUT2D eigenvalue weighted by Crippen LogP contribution is -1.99. The molecule has 5 rings (SSSR count). The number of benzene rings is 3. The Labute approximate surface area is 175 Å². The van der Waals surface area contributed by atoms with Gasteiger partial charge in [-0.3, -0.25) is 30.0 Å². The number of nitro groups is 2. The van der Waals surface area contributed by atoms with Gasteiger partial charge < -0.3 is 0 Å². The molecule has 0 saturated carbocycles. The topological polar surface area (TPSA) is 133 Å². The third-order valence-corrected chi connectivity index (χ3v) is 4.57. The summed E-state index contributed by atoms with van der Waals surface area (Å²) < 4.78 is 1.80. The van der Waals surface area contributed by atoms with E-state index < -0.39 is 9.85 Å². The van der Waals surface area contributed by atoms with Crippen LogP contribution in [0.3, 0.4) is 0 Å². The maximum atomic E-state index is 10.7. The highest BCUT2D eigenvalue weighted by Crippen LogP contribution is 2.20. The molecule has 0 radical (unpaired) electrons. The number of H-pyrrole nitrogens is 1. The highest BCUT2D eigenvalue weighted by molar-refractivity contribution is 5.81. The quantitative estimate of drug-likeness (QED) is 0.340. The number of aromatic nitrogens is 4. The largest absolute Gasteiger partial charge is 0.278 e. The average Bonchev–Trinajstić information content (AvgIpc) is 3.39. The van der Waals surface area contributed by atoms with E-state index in [4.69, 9.17) is 0 Å². The molecule has 0 aliphatic carbocycles. The van der Waals surface area contributed by atoms with Crippen molar-refractivity contribution in [2.24, 2.45) is 0 Å². The average molecular weight is 416 g/mol. The molecule has 154 valence electrons. The molecule has 0 spiro atoms. The Morgan fingerprint density at radius 1 is 0.871 bits per heavy atom. The van der Waals surface area contributed by atoms with E-state index in [0.717, 1.165) is 27.4 Å². The van der Waals surface area contributed by atoms with Gasteiger partial charge in [-0.2, -0.15) is 10.2 Å². The van der Waals surface area contributed by atoms with Crippen LogP contribution in [0.2, 0.25) is 0 Å². The molecule has 0 fully saturated rings. The summed E-state index contributed by atoms with van der Waals surface area (Å²) in [5.74, 6) is 0. The molecule has 5 aromatic rings. The maximum Gasteiger partial charge on any atom is 0.270 e. The second kappa shape index (κ2) is 8.41. The molecule has 10 nitrogen and oxygen atoms in total. The molecular formula is C21H16N6O4. The third-order valence-electron chi connectivity index (χ3n) is 4.57. The molecule has 0 bridgehead atoms. The van der Waals surface area contributed by atoms with E-state index in [0.29, 0.717) is 6.54 Å². The van der Waals surface area contributed by atoms with Crippen LogP contribution in [-0.4, -0.2) is 29.8 Å². The second-order valence-electron chi connectivity index (χ2n) is 6.71. The number of nitro benzene ring substituents is 2. The van der Waals surface area contributed by atoms with Crippen molar-refractivity contribution in [1.82, 2.24) is 20.0 Å². The molecule has 0 aliphatic heterocycles. The number of hydrogen-bond acceptors (Lipinski definition) is 6. The van der Waals surface area contributed by atoms with Gasteiger partial charge >= 0.3 is 0 Å².